The Morgan fingerprint density at radius 2 is 1.81 bits per heavy atom. The summed E-state index contributed by atoms with van der Waals surface area (Å²) in [5.74, 6) is 0. The third-order valence-electron chi connectivity index (χ3n) is 4.32. The van der Waals surface area contributed by atoms with E-state index in [0.717, 1.165) is 38.1 Å². The van der Waals surface area contributed by atoms with Crippen LogP contribution in [0.4, 0.5) is 29.3 Å². The van der Waals surface area contributed by atoms with Crippen molar-refractivity contribution in [1.82, 2.24) is 10.2 Å². The number of anilines is 2. The second-order valence-electron chi connectivity index (χ2n) is 6.39. The molecule has 2 amide bonds. The van der Waals surface area contributed by atoms with Crippen molar-refractivity contribution in [3.63, 3.8) is 0 Å². The Hall–Kier alpha value is -2.01. The van der Waals surface area contributed by atoms with E-state index in [9.17, 15) is 26.4 Å². The van der Waals surface area contributed by atoms with Gasteiger partial charge in [0.15, 0.2) is 0 Å². The van der Waals surface area contributed by atoms with E-state index in [1.54, 1.807) is 0 Å². The van der Waals surface area contributed by atoms with Crippen LogP contribution < -0.4 is 15.4 Å². The Bertz CT molecular complexity index is 738. The summed E-state index contributed by atoms with van der Waals surface area (Å²) in [5, 5.41) is 5.26. The number of urea groups is 1. The van der Waals surface area contributed by atoms with E-state index in [1.807, 2.05) is 0 Å². The molecule has 1 atom stereocenters. The molecule has 1 saturated heterocycles. The van der Waals surface area contributed by atoms with Crippen molar-refractivity contribution in [3.8, 4) is 0 Å². The summed E-state index contributed by atoms with van der Waals surface area (Å²) in [4.78, 5) is 14.2. The Morgan fingerprint density at radius 1 is 1.19 bits per heavy atom. The molecule has 0 aromatic heterocycles. The van der Waals surface area contributed by atoms with Crippen LogP contribution in [0.2, 0.25) is 0 Å². The Morgan fingerprint density at radius 3 is 2.41 bits per heavy atom. The number of nitrogens with one attached hydrogen (secondary N) is 3. The highest BCUT2D eigenvalue weighted by Crippen LogP contribution is 2.25. The maximum Gasteiger partial charge on any atom is 0.516 e. The first kappa shape index (κ1) is 21.3. The normalized spacial score (nSPS) is 18.7. The van der Waals surface area contributed by atoms with Crippen molar-refractivity contribution in [2.75, 3.05) is 29.7 Å². The zero-order valence-electron chi connectivity index (χ0n) is 14.8. The maximum atomic E-state index is 12.3. The second-order valence-corrected chi connectivity index (χ2v) is 8.06. The summed E-state index contributed by atoms with van der Waals surface area (Å²) in [5.41, 5.74) is -5.32. The van der Waals surface area contributed by atoms with Crippen LogP contribution in [-0.4, -0.2) is 50.5 Å². The fourth-order valence-electron chi connectivity index (χ4n) is 2.81. The lowest BCUT2D eigenvalue weighted by molar-refractivity contribution is -0.0429. The summed E-state index contributed by atoms with van der Waals surface area (Å²) >= 11 is 0. The minimum absolute atomic E-state index is 0.252. The van der Waals surface area contributed by atoms with Crippen LogP contribution in [0.15, 0.2) is 24.3 Å². The van der Waals surface area contributed by atoms with Crippen LogP contribution >= 0.6 is 0 Å². The molecule has 0 saturated carbocycles. The van der Waals surface area contributed by atoms with Gasteiger partial charge in [-0.05, 0) is 50.6 Å². The molecule has 0 spiro atoms. The van der Waals surface area contributed by atoms with Crippen LogP contribution in [0.3, 0.4) is 0 Å². The molecule has 1 aromatic rings. The first-order chi connectivity index (χ1) is 12.6. The molecule has 1 fully saturated rings. The maximum absolute atomic E-state index is 12.3. The van der Waals surface area contributed by atoms with Gasteiger partial charge in [0.25, 0.3) is 0 Å². The standard InChI is InChI=1S/C16H23F3N4O3S/c1-12-4-2-3-10-23(12)11-9-20-15(24)21-13-5-7-14(8-6-13)22-27(25,26)16(17,18)19/h5-8,12,22H,2-4,9-11H2,1H3,(H2,20,21,24)/t12-/m1/s1. The average molecular weight is 408 g/mol. The first-order valence-electron chi connectivity index (χ1n) is 8.56. The van der Waals surface area contributed by atoms with Gasteiger partial charge in [0.1, 0.15) is 0 Å². The molecule has 0 bridgehead atoms. The van der Waals surface area contributed by atoms with Gasteiger partial charge in [-0.1, -0.05) is 6.42 Å². The van der Waals surface area contributed by atoms with Crippen LogP contribution in [0.25, 0.3) is 0 Å². The van der Waals surface area contributed by atoms with Crippen molar-refractivity contribution >= 4 is 27.4 Å². The van der Waals surface area contributed by atoms with Crippen LogP contribution in [0.5, 0.6) is 0 Å². The fourth-order valence-corrected chi connectivity index (χ4v) is 3.37. The van der Waals surface area contributed by atoms with Gasteiger partial charge in [-0.15, -0.1) is 0 Å². The van der Waals surface area contributed by atoms with Crippen molar-refractivity contribution in [2.24, 2.45) is 0 Å². The Kier molecular flexibility index (Phi) is 6.93. The number of piperidine rings is 1. The van der Waals surface area contributed by atoms with E-state index in [-0.39, 0.29) is 5.69 Å². The molecular weight excluding hydrogens is 385 g/mol. The number of likely N-dealkylation sites (tertiary alicyclic amines) is 1. The van der Waals surface area contributed by atoms with E-state index in [4.69, 9.17) is 0 Å². The van der Waals surface area contributed by atoms with Crippen molar-refractivity contribution in [3.05, 3.63) is 24.3 Å². The molecule has 0 unspecified atom stereocenters. The number of hydrogen-bond acceptors (Lipinski definition) is 4. The number of benzene rings is 1. The van der Waals surface area contributed by atoms with Gasteiger partial charge in [0, 0.05) is 30.5 Å². The lowest BCUT2D eigenvalue weighted by Crippen LogP contribution is -2.43. The van der Waals surface area contributed by atoms with Crippen molar-refractivity contribution < 1.29 is 26.4 Å². The molecule has 11 heteroatoms. The van der Waals surface area contributed by atoms with E-state index in [2.05, 4.69) is 22.5 Å². The minimum atomic E-state index is -5.47. The Balaban J connectivity index is 1.79. The lowest BCUT2D eigenvalue weighted by atomic mass is 10.0. The average Bonchev–Trinajstić information content (AvgIpc) is 2.57. The smallest absolute Gasteiger partial charge is 0.337 e. The number of alkyl halides is 3. The van der Waals surface area contributed by atoms with Gasteiger partial charge in [0.05, 0.1) is 0 Å². The predicted molar refractivity (Wildman–Crippen MR) is 96.9 cm³/mol. The molecule has 1 aliphatic heterocycles. The van der Waals surface area contributed by atoms with Crippen molar-refractivity contribution in [2.45, 2.75) is 37.7 Å². The summed E-state index contributed by atoms with van der Waals surface area (Å²) in [6, 6.07) is 4.93. The second kappa shape index (κ2) is 8.79. The van der Waals surface area contributed by atoms with Crippen LogP contribution in [0, 0.1) is 0 Å². The third kappa shape index (κ3) is 6.28. The zero-order chi connectivity index (χ0) is 20.1. The van der Waals surface area contributed by atoms with E-state index in [1.165, 1.54) is 23.3 Å². The molecule has 2 rings (SSSR count). The summed E-state index contributed by atoms with van der Waals surface area (Å²) in [7, 11) is -5.47. The predicted octanol–water partition coefficient (Wildman–Crippen LogP) is 2.94. The SMILES string of the molecule is C[C@@H]1CCCCN1CCNC(=O)Nc1ccc(NS(=O)(=O)C(F)(F)F)cc1. The highest BCUT2D eigenvalue weighted by molar-refractivity contribution is 7.93. The van der Waals surface area contributed by atoms with Gasteiger partial charge in [-0.2, -0.15) is 21.6 Å². The molecule has 0 radical (unpaired) electrons. The Labute approximate surface area is 156 Å². The van der Waals surface area contributed by atoms with Gasteiger partial charge in [-0.25, -0.2) is 4.79 Å². The van der Waals surface area contributed by atoms with Gasteiger partial charge >= 0.3 is 21.6 Å². The van der Waals surface area contributed by atoms with Gasteiger partial charge < -0.3 is 10.6 Å². The molecule has 1 aromatic carbocycles. The number of halogens is 3. The highest BCUT2D eigenvalue weighted by Gasteiger charge is 2.46. The number of carbonyl (C=O) groups excluding carboxylic acids is 1. The van der Waals surface area contributed by atoms with E-state index < -0.39 is 21.6 Å². The summed E-state index contributed by atoms with van der Waals surface area (Å²) < 4.78 is 60.5. The van der Waals surface area contributed by atoms with Gasteiger partial charge in [0.2, 0.25) is 0 Å². The molecule has 1 aliphatic rings. The zero-order valence-corrected chi connectivity index (χ0v) is 15.7. The topological polar surface area (TPSA) is 90.5 Å². The molecule has 0 aliphatic carbocycles. The summed E-state index contributed by atoms with van der Waals surface area (Å²) in [6.07, 6.45) is 3.53. The minimum Gasteiger partial charge on any atom is -0.337 e. The fraction of sp³-hybridized carbons (Fsp3) is 0.562. The molecule has 27 heavy (non-hydrogen) atoms. The number of rotatable bonds is 6. The summed E-state index contributed by atoms with van der Waals surface area (Å²) in [6.45, 7) is 4.39. The van der Waals surface area contributed by atoms with Crippen LogP contribution in [0.1, 0.15) is 26.2 Å². The lowest BCUT2D eigenvalue weighted by Gasteiger charge is -2.33. The third-order valence-corrected chi connectivity index (χ3v) is 5.44. The number of carbonyl (C=O) groups is 1. The molecule has 3 N–H and O–H groups in total. The van der Waals surface area contributed by atoms with E-state index >= 15 is 0 Å². The van der Waals surface area contributed by atoms with Gasteiger partial charge in [-0.3, -0.25) is 9.62 Å². The largest absolute Gasteiger partial charge is 0.516 e. The molecule has 7 nitrogen and oxygen atoms in total. The molecular formula is C16H23F3N4O3S. The molecule has 1 heterocycles. The number of nitrogens with zero attached hydrogens (tertiary/aromatic N) is 1. The number of hydrogen-bond donors (Lipinski definition) is 3. The number of sulfonamides is 1. The monoisotopic (exact) mass is 408 g/mol. The number of amides is 2. The van der Waals surface area contributed by atoms with Crippen molar-refractivity contribution in [1.29, 1.82) is 0 Å². The quantitative estimate of drug-likeness (QED) is 0.675. The highest BCUT2D eigenvalue weighted by atomic mass is 32.2. The molecule has 152 valence electrons. The van der Waals surface area contributed by atoms with Crippen LogP contribution in [-0.2, 0) is 10.0 Å². The first-order valence-corrected chi connectivity index (χ1v) is 10.0. The van der Waals surface area contributed by atoms with E-state index in [0.29, 0.717) is 18.3 Å².